The molecule has 0 aliphatic heterocycles. The highest BCUT2D eigenvalue weighted by atomic mass is 16.5. The van der Waals surface area contributed by atoms with Crippen molar-refractivity contribution in [3.63, 3.8) is 0 Å². The van der Waals surface area contributed by atoms with Crippen molar-refractivity contribution < 1.29 is 4.74 Å². The van der Waals surface area contributed by atoms with E-state index in [9.17, 15) is 0 Å². The van der Waals surface area contributed by atoms with Gasteiger partial charge in [0.25, 0.3) is 0 Å². The lowest BCUT2D eigenvalue weighted by atomic mass is 9.79. The molecule has 0 saturated heterocycles. The number of ether oxygens (including phenoxy) is 1. The Hall–Kier alpha value is -1.08. The maximum absolute atomic E-state index is 5.63. The third-order valence-electron chi connectivity index (χ3n) is 5.71. The predicted octanol–water partition coefficient (Wildman–Crippen LogP) is 7.07. The van der Waals surface area contributed by atoms with Crippen LogP contribution in [0.2, 0.25) is 0 Å². The first kappa shape index (κ1) is 20.2. The number of benzene rings is 1. The molecule has 0 aromatic heterocycles. The van der Waals surface area contributed by atoms with Crippen LogP contribution >= 0.6 is 0 Å². The summed E-state index contributed by atoms with van der Waals surface area (Å²) in [4.78, 5) is 0. The number of hydrogen-bond acceptors (Lipinski definition) is 1. The Bertz CT molecular complexity index is 453. The molecule has 0 spiro atoms. The van der Waals surface area contributed by atoms with Gasteiger partial charge in [-0.1, -0.05) is 69.4 Å². The number of unbranched alkanes of at least 4 members (excludes halogenated alkanes) is 5. The van der Waals surface area contributed by atoms with Gasteiger partial charge in [0.1, 0.15) is 0 Å². The molecule has 0 radical (unpaired) electrons. The van der Waals surface area contributed by atoms with Gasteiger partial charge in [0.15, 0.2) is 0 Å². The maximum atomic E-state index is 5.63. The molecule has 0 N–H and O–H groups in total. The summed E-state index contributed by atoms with van der Waals surface area (Å²) in [5.74, 6) is 1.52. The van der Waals surface area contributed by atoms with E-state index in [1.54, 1.807) is 5.56 Å². The zero-order chi connectivity index (χ0) is 17.7. The van der Waals surface area contributed by atoms with Gasteiger partial charge in [0.2, 0.25) is 0 Å². The highest BCUT2D eigenvalue weighted by Gasteiger charge is 2.22. The second-order valence-electron chi connectivity index (χ2n) is 7.80. The molecule has 1 aromatic carbocycles. The molecular formula is C24H38O. The van der Waals surface area contributed by atoms with Gasteiger partial charge in [-0.2, -0.15) is 0 Å². The molecule has 25 heavy (non-hydrogen) atoms. The van der Waals surface area contributed by atoms with Gasteiger partial charge in [0, 0.05) is 6.61 Å². The van der Waals surface area contributed by atoms with Gasteiger partial charge >= 0.3 is 0 Å². The van der Waals surface area contributed by atoms with Gasteiger partial charge in [0.05, 0.1) is 6.61 Å². The normalized spacial score (nSPS) is 20.5. The molecule has 0 atom stereocenters. The fourth-order valence-corrected chi connectivity index (χ4v) is 4.05. The molecule has 1 saturated carbocycles. The van der Waals surface area contributed by atoms with Crippen molar-refractivity contribution in [2.45, 2.75) is 83.5 Å². The molecule has 1 fully saturated rings. The quantitative estimate of drug-likeness (QED) is 0.292. The first-order valence-corrected chi connectivity index (χ1v) is 10.6. The lowest BCUT2D eigenvalue weighted by Gasteiger charge is -2.28. The third kappa shape index (κ3) is 7.77. The summed E-state index contributed by atoms with van der Waals surface area (Å²) in [5, 5.41) is 0. The minimum absolute atomic E-state index is 0.694. The van der Waals surface area contributed by atoms with Crippen molar-refractivity contribution >= 4 is 0 Å². The van der Waals surface area contributed by atoms with Crippen LogP contribution in [0.1, 0.15) is 88.2 Å². The molecule has 0 heterocycles. The van der Waals surface area contributed by atoms with Gasteiger partial charge in [-0.25, -0.2) is 0 Å². The Kier molecular flexibility index (Phi) is 9.96. The Labute approximate surface area is 155 Å². The summed E-state index contributed by atoms with van der Waals surface area (Å²) in [5.41, 5.74) is 3.07. The van der Waals surface area contributed by atoms with Crippen molar-refractivity contribution in [1.29, 1.82) is 0 Å². The maximum Gasteiger partial charge on any atom is 0.0644 e. The van der Waals surface area contributed by atoms with Crippen molar-refractivity contribution in [3.8, 4) is 0 Å². The Morgan fingerprint density at radius 2 is 1.64 bits per heavy atom. The molecule has 1 aliphatic carbocycles. The molecule has 1 heteroatoms. The average molecular weight is 343 g/mol. The van der Waals surface area contributed by atoms with Crippen LogP contribution in [0.4, 0.5) is 0 Å². The lowest BCUT2D eigenvalue weighted by molar-refractivity contribution is 0.102. The molecule has 1 aromatic rings. The van der Waals surface area contributed by atoms with Crippen molar-refractivity contribution in [1.82, 2.24) is 0 Å². The van der Waals surface area contributed by atoms with Gasteiger partial charge in [-0.3, -0.25) is 0 Å². The van der Waals surface area contributed by atoms with Gasteiger partial charge in [-0.05, 0) is 61.5 Å². The standard InChI is InChI=1S/C24H38O/c1-3-5-6-7-8-9-10-21-11-15-23(16-12-21)24-17-13-22(14-18-24)20-25-19-4-2/h4,11-12,15-16,22,24H,2-3,5-10,13-14,17-20H2,1H3. The monoisotopic (exact) mass is 342 g/mol. The van der Waals surface area contributed by atoms with Crippen LogP contribution in [0, 0.1) is 5.92 Å². The van der Waals surface area contributed by atoms with Crippen LogP contribution in [0.3, 0.4) is 0 Å². The highest BCUT2D eigenvalue weighted by Crippen LogP contribution is 2.36. The minimum Gasteiger partial charge on any atom is -0.377 e. The van der Waals surface area contributed by atoms with E-state index in [2.05, 4.69) is 37.8 Å². The van der Waals surface area contributed by atoms with Crippen LogP contribution in [0.5, 0.6) is 0 Å². The summed E-state index contributed by atoms with van der Waals surface area (Å²) in [6, 6.07) is 9.54. The van der Waals surface area contributed by atoms with Crippen molar-refractivity contribution in [3.05, 3.63) is 48.0 Å². The predicted molar refractivity (Wildman–Crippen MR) is 109 cm³/mol. The van der Waals surface area contributed by atoms with E-state index in [0.29, 0.717) is 6.61 Å². The highest BCUT2D eigenvalue weighted by molar-refractivity contribution is 5.26. The summed E-state index contributed by atoms with van der Waals surface area (Å²) in [7, 11) is 0. The summed E-state index contributed by atoms with van der Waals surface area (Å²) >= 11 is 0. The van der Waals surface area contributed by atoms with E-state index in [-0.39, 0.29) is 0 Å². The number of rotatable bonds is 12. The van der Waals surface area contributed by atoms with Crippen LogP contribution in [-0.2, 0) is 11.2 Å². The Balaban J connectivity index is 1.65. The lowest BCUT2D eigenvalue weighted by Crippen LogP contribution is -2.18. The number of aryl methyl sites for hydroxylation is 1. The van der Waals surface area contributed by atoms with Crippen molar-refractivity contribution in [2.24, 2.45) is 5.92 Å². The fourth-order valence-electron chi connectivity index (χ4n) is 4.05. The zero-order valence-electron chi connectivity index (χ0n) is 16.3. The van der Waals surface area contributed by atoms with E-state index in [4.69, 9.17) is 4.74 Å². The van der Waals surface area contributed by atoms with Gasteiger partial charge < -0.3 is 4.74 Å². The fraction of sp³-hybridized carbons (Fsp3) is 0.667. The molecule has 1 aliphatic rings. The molecule has 1 nitrogen and oxygen atoms in total. The first-order chi connectivity index (χ1) is 12.3. The zero-order valence-corrected chi connectivity index (χ0v) is 16.3. The van der Waals surface area contributed by atoms with Crippen LogP contribution in [0.25, 0.3) is 0 Å². The SMILES string of the molecule is C=CCOCC1CCC(c2ccc(CCCCCCCC)cc2)CC1. The van der Waals surface area contributed by atoms with Gasteiger partial charge in [-0.15, -0.1) is 6.58 Å². The average Bonchev–Trinajstić information content (AvgIpc) is 2.66. The van der Waals surface area contributed by atoms with Crippen molar-refractivity contribution in [2.75, 3.05) is 13.2 Å². The molecule has 2 rings (SSSR count). The third-order valence-corrected chi connectivity index (χ3v) is 5.71. The first-order valence-electron chi connectivity index (χ1n) is 10.6. The van der Waals surface area contributed by atoms with E-state index in [0.717, 1.165) is 18.4 Å². The van der Waals surface area contributed by atoms with Crippen LogP contribution < -0.4 is 0 Å². The smallest absolute Gasteiger partial charge is 0.0644 e. The Morgan fingerprint density at radius 3 is 2.32 bits per heavy atom. The number of hydrogen-bond donors (Lipinski definition) is 0. The second kappa shape index (κ2) is 12.3. The van der Waals surface area contributed by atoms with Crippen LogP contribution in [0.15, 0.2) is 36.9 Å². The van der Waals surface area contributed by atoms with E-state index >= 15 is 0 Å². The minimum atomic E-state index is 0.694. The Morgan fingerprint density at radius 1 is 0.960 bits per heavy atom. The second-order valence-corrected chi connectivity index (χ2v) is 7.80. The largest absolute Gasteiger partial charge is 0.377 e. The molecule has 0 bridgehead atoms. The molecular weight excluding hydrogens is 304 g/mol. The summed E-state index contributed by atoms with van der Waals surface area (Å²) < 4.78 is 5.63. The van der Waals surface area contributed by atoms with E-state index in [1.807, 2.05) is 6.08 Å². The van der Waals surface area contributed by atoms with Crippen LogP contribution in [-0.4, -0.2) is 13.2 Å². The molecule has 0 unspecified atom stereocenters. The molecule has 0 amide bonds. The van der Waals surface area contributed by atoms with E-state index < -0.39 is 0 Å². The summed E-state index contributed by atoms with van der Waals surface area (Å²) in [6.07, 6.45) is 16.6. The van der Waals surface area contributed by atoms with E-state index in [1.165, 1.54) is 76.2 Å². The topological polar surface area (TPSA) is 9.23 Å². The summed E-state index contributed by atoms with van der Waals surface area (Å²) in [6.45, 7) is 7.60. The molecule has 140 valence electrons.